The molecule has 0 bridgehead atoms. The highest BCUT2D eigenvalue weighted by atomic mass is 32.1. The second-order valence-corrected chi connectivity index (χ2v) is 8.19. The van der Waals surface area contributed by atoms with E-state index in [1.807, 2.05) is 67.6 Å². The summed E-state index contributed by atoms with van der Waals surface area (Å²) in [6.45, 7) is 6.24. The van der Waals surface area contributed by atoms with Crippen LogP contribution in [0.25, 0.3) is 6.08 Å². The summed E-state index contributed by atoms with van der Waals surface area (Å²) in [6, 6.07) is 16.5. The van der Waals surface area contributed by atoms with E-state index in [-0.39, 0.29) is 12.2 Å². The minimum Gasteiger partial charge on any atom is -0.493 e. The smallest absolute Gasteiger partial charge is 0.338 e. The predicted octanol–water partition coefficient (Wildman–Crippen LogP) is 3.20. The highest BCUT2D eigenvalue weighted by molar-refractivity contribution is 7.07. The van der Waals surface area contributed by atoms with Gasteiger partial charge in [-0.3, -0.25) is 9.36 Å². The highest BCUT2D eigenvalue weighted by Crippen LogP contribution is 2.30. The fraction of sp³-hybridized carbons (Fsp3) is 0.240. The van der Waals surface area contributed by atoms with Crippen LogP contribution in [0.2, 0.25) is 0 Å². The SMILES string of the molecule is CCOC(=O)C1=C(C)N=c2s/c(=C/c3ccccc3OCC)c(=O)n2C1c1ccccc1. The Hall–Kier alpha value is -3.45. The molecule has 1 unspecified atom stereocenters. The summed E-state index contributed by atoms with van der Waals surface area (Å²) in [5.41, 5.74) is 2.37. The van der Waals surface area contributed by atoms with E-state index in [1.54, 1.807) is 18.4 Å². The van der Waals surface area contributed by atoms with E-state index in [0.717, 1.165) is 11.1 Å². The minimum atomic E-state index is -0.601. The van der Waals surface area contributed by atoms with Crippen molar-refractivity contribution in [1.82, 2.24) is 4.57 Å². The summed E-state index contributed by atoms with van der Waals surface area (Å²) in [7, 11) is 0. The van der Waals surface area contributed by atoms with Crippen LogP contribution in [0.3, 0.4) is 0 Å². The zero-order valence-electron chi connectivity index (χ0n) is 18.2. The van der Waals surface area contributed by atoms with Crippen LogP contribution in [0, 0.1) is 0 Å². The van der Waals surface area contributed by atoms with Crippen molar-refractivity contribution in [2.24, 2.45) is 4.99 Å². The first-order valence-electron chi connectivity index (χ1n) is 10.5. The molecule has 4 rings (SSSR count). The number of esters is 1. The third kappa shape index (κ3) is 4.03. The lowest BCUT2D eigenvalue weighted by Crippen LogP contribution is -2.39. The van der Waals surface area contributed by atoms with E-state index >= 15 is 0 Å². The molecule has 6 nitrogen and oxygen atoms in total. The van der Waals surface area contributed by atoms with Gasteiger partial charge in [0.2, 0.25) is 0 Å². The van der Waals surface area contributed by atoms with Gasteiger partial charge in [0.15, 0.2) is 4.80 Å². The lowest BCUT2D eigenvalue weighted by Gasteiger charge is -2.24. The average Bonchev–Trinajstić information content (AvgIpc) is 3.09. The molecule has 3 aromatic rings. The Labute approximate surface area is 189 Å². The van der Waals surface area contributed by atoms with Crippen LogP contribution in [0.15, 0.2) is 75.7 Å². The first-order valence-corrected chi connectivity index (χ1v) is 11.3. The molecule has 32 heavy (non-hydrogen) atoms. The van der Waals surface area contributed by atoms with Gasteiger partial charge in [-0.2, -0.15) is 0 Å². The summed E-state index contributed by atoms with van der Waals surface area (Å²) in [4.78, 5) is 31.6. The molecule has 0 radical (unpaired) electrons. The number of aromatic nitrogens is 1. The van der Waals surface area contributed by atoms with Crippen molar-refractivity contribution < 1.29 is 14.3 Å². The molecule has 7 heteroatoms. The number of para-hydroxylation sites is 1. The third-order valence-electron chi connectivity index (χ3n) is 5.14. The molecule has 0 amide bonds. The van der Waals surface area contributed by atoms with Crippen LogP contribution < -0.4 is 19.6 Å². The Kier molecular flexibility index (Phi) is 6.37. The van der Waals surface area contributed by atoms with Gasteiger partial charge in [-0.25, -0.2) is 9.79 Å². The minimum absolute atomic E-state index is 0.205. The van der Waals surface area contributed by atoms with E-state index in [9.17, 15) is 9.59 Å². The standard InChI is InChI=1S/C25H24N2O4S/c1-4-30-19-14-10-9-13-18(19)15-20-23(28)27-22(17-11-7-6-8-12-17)21(24(29)31-5-2)16(3)26-25(27)32-20/h6-15,22H,4-5H2,1-3H3/b20-15+. The van der Waals surface area contributed by atoms with Gasteiger partial charge in [-0.15, -0.1) is 0 Å². The molecule has 164 valence electrons. The Morgan fingerprint density at radius 2 is 1.81 bits per heavy atom. The number of hydrogen-bond acceptors (Lipinski definition) is 6. The van der Waals surface area contributed by atoms with Crippen LogP contribution in [-0.4, -0.2) is 23.8 Å². The number of benzene rings is 2. The van der Waals surface area contributed by atoms with Crippen molar-refractivity contribution in [3.05, 3.63) is 96.7 Å². The van der Waals surface area contributed by atoms with Crippen molar-refractivity contribution in [2.45, 2.75) is 26.8 Å². The Morgan fingerprint density at radius 1 is 1.09 bits per heavy atom. The molecule has 2 aromatic carbocycles. The van der Waals surface area contributed by atoms with Crippen molar-refractivity contribution in [1.29, 1.82) is 0 Å². The number of fused-ring (bicyclic) bond motifs is 1. The van der Waals surface area contributed by atoms with Crippen molar-refractivity contribution in [3.63, 3.8) is 0 Å². The topological polar surface area (TPSA) is 69.9 Å². The predicted molar refractivity (Wildman–Crippen MR) is 124 cm³/mol. The molecule has 0 aliphatic carbocycles. The number of nitrogens with zero attached hydrogens (tertiary/aromatic N) is 2. The summed E-state index contributed by atoms with van der Waals surface area (Å²) < 4.78 is 13.1. The first kappa shape index (κ1) is 21.8. The summed E-state index contributed by atoms with van der Waals surface area (Å²) in [6.07, 6.45) is 1.82. The summed E-state index contributed by atoms with van der Waals surface area (Å²) >= 11 is 1.30. The number of thiazole rings is 1. The zero-order chi connectivity index (χ0) is 22.7. The van der Waals surface area contributed by atoms with E-state index < -0.39 is 12.0 Å². The van der Waals surface area contributed by atoms with E-state index in [2.05, 4.69) is 4.99 Å². The molecular weight excluding hydrogens is 424 g/mol. The lowest BCUT2D eigenvalue weighted by atomic mass is 9.96. The van der Waals surface area contributed by atoms with E-state index in [4.69, 9.17) is 9.47 Å². The van der Waals surface area contributed by atoms with Crippen LogP contribution >= 0.6 is 11.3 Å². The summed E-state index contributed by atoms with van der Waals surface area (Å²) in [5, 5.41) is 0. The second-order valence-electron chi connectivity index (χ2n) is 7.18. The molecule has 0 saturated carbocycles. The maximum Gasteiger partial charge on any atom is 0.338 e. The number of carbonyl (C=O) groups excluding carboxylic acids is 1. The number of carbonyl (C=O) groups is 1. The van der Waals surface area contributed by atoms with Crippen molar-refractivity contribution >= 4 is 23.4 Å². The molecule has 0 N–H and O–H groups in total. The van der Waals surface area contributed by atoms with Gasteiger partial charge in [-0.1, -0.05) is 59.9 Å². The van der Waals surface area contributed by atoms with Gasteiger partial charge in [-0.05, 0) is 38.5 Å². The normalized spacial score (nSPS) is 15.8. The van der Waals surface area contributed by atoms with Gasteiger partial charge >= 0.3 is 5.97 Å². The fourth-order valence-corrected chi connectivity index (χ4v) is 4.81. The van der Waals surface area contributed by atoms with Crippen LogP contribution in [0.1, 0.15) is 37.9 Å². The van der Waals surface area contributed by atoms with Crippen LogP contribution in [0.5, 0.6) is 5.75 Å². The summed E-state index contributed by atoms with van der Waals surface area (Å²) in [5.74, 6) is 0.252. The maximum atomic E-state index is 13.6. The zero-order valence-corrected chi connectivity index (χ0v) is 19.0. The molecule has 0 spiro atoms. The molecule has 2 heterocycles. The largest absolute Gasteiger partial charge is 0.493 e. The van der Waals surface area contributed by atoms with Gasteiger partial charge in [0.05, 0.1) is 35.1 Å². The Bertz CT molecular complexity index is 1350. The quantitative estimate of drug-likeness (QED) is 0.543. The van der Waals surface area contributed by atoms with Crippen LogP contribution in [0.4, 0.5) is 0 Å². The number of ether oxygens (including phenoxy) is 2. The second kappa shape index (κ2) is 9.36. The molecule has 0 fully saturated rings. The van der Waals surface area contributed by atoms with E-state index in [1.165, 1.54) is 11.3 Å². The Balaban J connectivity index is 1.94. The molecule has 0 saturated heterocycles. The fourth-order valence-electron chi connectivity index (χ4n) is 3.77. The number of allylic oxidation sites excluding steroid dienone is 1. The maximum absolute atomic E-state index is 13.6. The van der Waals surface area contributed by atoms with Gasteiger partial charge < -0.3 is 9.47 Å². The van der Waals surface area contributed by atoms with Gasteiger partial charge in [0.25, 0.3) is 5.56 Å². The highest BCUT2D eigenvalue weighted by Gasteiger charge is 2.33. The lowest BCUT2D eigenvalue weighted by molar-refractivity contribution is -0.139. The molecule has 1 atom stereocenters. The van der Waals surface area contributed by atoms with E-state index in [0.29, 0.717) is 33.0 Å². The number of hydrogen-bond donors (Lipinski definition) is 0. The van der Waals surface area contributed by atoms with Crippen LogP contribution in [-0.2, 0) is 9.53 Å². The number of rotatable bonds is 6. The molecule has 1 aromatic heterocycles. The molecular formula is C25H24N2O4S. The molecule has 1 aliphatic rings. The molecule has 1 aliphatic heterocycles. The van der Waals surface area contributed by atoms with Gasteiger partial charge in [0.1, 0.15) is 5.75 Å². The van der Waals surface area contributed by atoms with Gasteiger partial charge in [0, 0.05) is 5.56 Å². The van der Waals surface area contributed by atoms with Crippen molar-refractivity contribution in [3.8, 4) is 5.75 Å². The average molecular weight is 449 g/mol. The monoisotopic (exact) mass is 448 g/mol. The Morgan fingerprint density at radius 3 is 2.53 bits per heavy atom. The first-order chi connectivity index (χ1) is 15.5. The van der Waals surface area contributed by atoms with Crippen molar-refractivity contribution in [2.75, 3.05) is 13.2 Å². The third-order valence-corrected chi connectivity index (χ3v) is 6.12.